The van der Waals surface area contributed by atoms with Gasteiger partial charge in [-0.3, -0.25) is 0 Å². The molecule has 0 aliphatic carbocycles. The molecule has 13 heteroatoms. The van der Waals surface area contributed by atoms with Gasteiger partial charge in [-0.25, -0.2) is 37.3 Å². The number of aromatic nitrogens is 4. The molecule has 43 heavy (non-hydrogen) atoms. The number of nitrogens with zero attached hydrogens (tertiary/aromatic N) is 4. The minimum atomic E-state index is -1.19. The maximum absolute atomic E-state index is 15.4. The summed E-state index contributed by atoms with van der Waals surface area (Å²) in [5, 5.41) is 9.56. The molecule has 1 aliphatic heterocycles. The van der Waals surface area contributed by atoms with E-state index in [9.17, 15) is 23.1 Å². The maximum Gasteiger partial charge on any atom is 0.354 e. The predicted octanol–water partition coefficient (Wildman–Crippen LogP) is 6.36. The van der Waals surface area contributed by atoms with Crippen LogP contribution in [0.25, 0.3) is 22.4 Å². The van der Waals surface area contributed by atoms with Gasteiger partial charge in [-0.15, -0.1) is 0 Å². The van der Waals surface area contributed by atoms with E-state index >= 15 is 4.39 Å². The van der Waals surface area contributed by atoms with Crippen molar-refractivity contribution in [2.75, 3.05) is 6.61 Å². The molecule has 0 amide bonds. The summed E-state index contributed by atoms with van der Waals surface area (Å²) in [6.07, 6.45) is 0.703. The molecule has 220 valence electrons. The van der Waals surface area contributed by atoms with Crippen LogP contribution in [0.15, 0.2) is 54.6 Å². The van der Waals surface area contributed by atoms with Crippen LogP contribution in [0.1, 0.15) is 33.9 Å². The smallest absolute Gasteiger partial charge is 0.354 e. The number of carboxylic acid groups (broad SMARTS) is 1. The summed E-state index contributed by atoms with van der Waals surface area (Å²) in [7, 11) is 0. The van der Waals surface area contributed by atoms with Crippen molar-refractivity contribution < 1.29 is 36.9 Å². The van der Waals surface area contributed by atoms with Crippen molar-refractivity contribution in [2.45, 2.75) is 32.1 Å². The minimum absolute atomic E-state index is 0.0118. The summed E-state index contributed by atoms with van der Waals surface area (Å²) >= 11 is 5.75. The van der Waals surface area contributed by atoms with Gasteiger partial charge < -0.3 is 19.1 Å². The Morgan fingerprint density at radius 1 is 0.953 bits per heavy atom. The number of ether oxygens (including phenoxy) is 2. The van der Waals surface area contributed by atoms with E-state index in [1.54, 1.807) is 4.57 Å². The van der Waals surface area contributed by atoms with Gasteiger partial charge >= 0.3 is 5.97 Å². The summed E-state index contributed by atoms with van der Waals surface area (Å²) in [5.74, 6) is -4.87. The number of pyridine rings is 2. The highest BCUT2D eigenvalue weighted by Crippen LogP contribution is 2.29. The van der Waals surface area contributed by atoms with Crippen molar-refractivity contribution in [3.8, 4) is 17.1 Å². The third-order valence-corrected chi connectivity index (χ3v) is 7.26. The Hall–Kier alpha value is -4.55. The van der Waals surface area contributed by atoms with Crippen molar-refractivity contribution in [3.05, 3.63) is 106 Å². The quantitative estimate of drug-likeness (QED) is 0.193. The highest BCUT2D eigenvalue weighted by atomic mass is 35.5. The molecule has 3 aromatic heterocycles. The van der Waals surface area contributed by atoms with Crippen molar-refractivity contribution in [1.82, 2.24) is 19.5 Å². The lowest BCUT2D eigenvalue weighted by molar-refractivity contribution is -0.0590. The van der Waals surface area contributed by atoms with Gasteiger partial charge in [0.25, 0.3) is 5.88 Å². The lowest BCUT2D eigenvalue weighted by Gasteiger charge is -2.27. The van der Waals surface area contributed by atoms with Crippen LogP contribution in [0, 0.1) is 23.3 Å². The Balaban J connectivity index is 1.28. The standard InChI is InChI=1S/C30H21ClF4N4O4/c31-18-4-3-17(21(33)11-18)14-43-29-23(35)12-22(34)27(38-29)16-2-1-15(20(32)9-16)10-26-36-24-5-6-25(30(40)41)37-28(24)39(26)13-19-7-8-42-19/h1-6,9,11-12,19H,7-8,10,13-14H2,(H,40,41)/t19-/m0/s1. The first-order valence-electron chi connectivity index (χ1n) is 13.1. The molecule has 8 nitrogen and oxygen atoms in total. The number of halogens is 5. The van der Waals surface area contributed by atoms with Crippen molar-refractivity contribution in [2.24, 2.45) is 0 Å². The molecule has 0 radical (unpaired) electrons. The number of hydrogen-bond acceptors (Lipinski definition) is 6. The second-order valence-electron chi connectivity index (χ2n) is 9.88. The van der Waals surface area contributed by atoms with Gasteiger partial charge in [-0.2, -0.15) is 0 Å². The molecule has 1 aliphatic rings. The second-order valence-corrected chi connectivity index (χ2v) is 10.3. The fraction of sp³-hybridized carbons (Fsp3) is 0.200. The molecular weight excluding hydrogens is 592 g/mol. The molecule has 1 N–H and O–H groups in total. The van der Waals surface area contributed by atoms with Crippen LogP contribution in [-0.2, 0) is 24.3 Å². The first-order chi connectivity index (χ1) is 20.7. The van der Waals surface area contributed by atoms with E-state index in [0.717, 1.165) is 18.6 Å². The average molecular weight is 613 g/mol. The lowest BCUT2D eigenvalue weighted by atomic mass is 10.0. The zero-order valence-electron chi connectivity index (χ0n) is 22.2. The summed E-state index contributed by atoms with van der Waals surface area (Å²) in [6.45, 7) is 0.561. The number of carbonyl (C=O) groups is 1. The summed E-state index contributed by atoms with van der Waals surface area (Å²) in [6, 6.07) is 11.2. The van der Waals surface area contributed by atoms with E-state index in [4.69, 9.17) is 21.1 Å². The highest BCUT2D eigenvalue weighted by molar-refractivity contribution is 6.30. The number of fused-ring (bicyclic) bond motifs is 1. The van der Waals surface area contributed by atoms with E-state index < -0.39 is 41.7 Å². The molecule has 1 atom stereocenters. The van der Waals surface area contributed by atoms with E-state index in [1.165, 1.54) is 36.4 Å². The maximum atomic E-state index is 15.4. The van der Waals surface area contributed by atoms with Gasteiger partial charge in [0.15, 0.2) is 23.0 Å². The van der Waals surface area contributed by atoms with E-state index in [-0.39, 0.29) is 45.6 Å². The Morgan fingerprint density at radius 2 is 1.72 bits per heavy atom. The Morgan fingerprint density at radius 3 is 2.42 bits per heavy atom. The van der Waals surface area contributed by atoms with Crippen LogP contribution in [0.4, 0.5) is 17.6 Å². The zero-order chi connectivity index (χ0) is 30.2. The number of hydrogen-bond donors (Lipinski definition) is 1. The van der Waals surface area contributed by atoms with Crippen LogP contribution < -0.4 is 4.74 Å². The number of benzene rings is 2. The number of imidazole rings is 1. The van der Waals surface area contributed by atoms with Crippen molar-refractivity contribution in [1.29, 1.82) is 0 Å². The topological polar surface area (TPSA) is 99.4 Å². The van der Waals surface area contributed by atoms with Crippen molar-refractivity contribution in [3.63, 3.8) is 0 Å². The van der Waals surface area contributed by atoms with Gasteiger partial charge in [0.1, 0.15) is 35.3 Å². The fourth-order valence-corrected chi connectivity index (χ4v) is 4.83. The van der Waals surface area contributed by atoms with Crippen LogP contribution in [0.2, 0.25) is 5.02 Å². The third kappa shape index (κ3) is 5.88. The monoisotopic (exact) mass is 612 g/mol. The highest BCUT2D eigenvalue weighted by Gasteiger charge is 2.24. The molecule has 4 heterocycles. The predicted molar refractivity (Wildman–Crippen MR) is 147 cm³/mol. The van der Waals surface area contributed by atoms with Crippen LogP contribution in [-0.4, -0.2) is 43.3 Å². The first kappa shape index (κ1) is 28.6. The summed E-state index contributed by atoms with van der Waals surface area (Å²) in [5.41, 5.74) is 0.581. The summed E-state index contributed by atoms with van der Waals surface area (Å²) in [4.78, 5) is 24.2. The SMILES string of the molecule is O=C(O)c1ccc2nc(Cc3ccc(-c4nc(OCc5ccc(Cl)cc5F)c(F)cc4F)cc3F)n(C[C@@H]3CCO3)c2n1. The molecule has 1 saturated heterocycles. The van der Waals surface area contributed by atoms with E-state index in [1.807, 2.05) is 0 Å². The molecule has 0 saturated carbocycles. The normalized spacial score (nSPS) is 14.6. The largest absolute Gasteiger partial charge is 0.477 e. The summed E-state index contributed by atoms with van der Waals surface area (Å²) < 4.78 is 71.3. The number of carboxylic acids is 1. The third-order valence-electron chi connectivity index (χ3n) is 7.02. The molecule has 6 rings (SSSR count). The Kier molecular flexibility index (Phi) is 7.72. The first-order valence-corrected chi connectivity index (χ1v) is 13.5. The van der Waals surface area contributed by atoms with Gasteiger partial charge in [0.2, 0.25) is 0 Å². The van der Waals surface area contributed by atoms with E-state index in [2.05, 4.69) is 15.0 Å². The van der Waals surface area contributed by atoms with E-state index in [0.29, 0.717) is 36.2 Å². The zero-order valence-corrected chi connectivity index (χ0v) is 22.9. The van der Waals surface area contributed by atoms with Gasteiger partial charge in [0, 0.05) is 35.2 Å². The van der Waals surface area contributed by atoms with Crippen LogP contribution in [0.5, 0.6) is 5.88 Å². The molecule has 2 aromatic carbocycles. The fourth-order valence-electron chi connectivity index (χ4n) is 4.67. The molecule has 0 bridgehead atoms. The molecule has 0 unspecified atom stereocenters. The van der Waals surface area contributed by atoms with Crippen LogP contribution in [0.3, 0.4) is 0 Å². The van der Waals surface area contributed by atoms with Crippen LogP contribution >= 0.6 is 11.6 Å². The Bertz CT molecular complexity index is 1880. The number of aromatic carboxylic acids is 1. The Labute approximate surface area is 246 Å². The lowest BCUT2D eigenvalue weighted by Crippen LogP contribution is -2.32. The van der Waals surface area contributed by atoms with Crippen molar-refractivity contribution >= 4 is 28.7 Å². The van der Waals surface area contributed by atoms with Gasteiger partial charge in [-0.1, -0.05) is 29.8 Å². The number of rotatable bonds is 9. The minimum Gasteiger partial charge on any atom is -0.477 e. The molecule has 0 spiro atoms. The molecule has 5 aromatic rings. The van der Waals surface area contributed by atoms with Gasteiger partial charge in [-0.05, 0) is 42.3 Å². The second kappa shape index (κ2) is 11.6. The molecule has 1 fully saturated rings. The average Bonchev–Trinajstić information content (AvgIpc) is 3.28. The van der Waals surface area contributed by atoms with Gasteiger partial charge in [0.05, 0.1) is 12.6 Å². The molecular formula is C30H21ClF4N4O4.